The third-order valence-corrected chi connectivity index (χ3v) is 2.38. The molecule has 0 aromatic heterocycles. The van der Waals surface area contributed by atoms with E-state index in [0.29, 0.717) is 0 Å². The minimum absolute atomic E-state index is 1.12. The van der Waals surface area contributed by atoms with Crippen LogP contribution < -0.4 is 0 Å². The predicted octanol–water partition coefficient (Wildman–Crippen LogP) is 5.37. The first-order valence-corrected chi connectivity index (χ1v) is 6.33. The molecule has 0 aliphatic rings. The van der Waals surface area contributed by atoms with Gasteiger partial charge in [-0.25, -0.2) is 0 Å². The van der Waals surface area contributed by atoms with Crippen molar-refractivity contribution in [3.05, 3.63) is 59.3 Å². The fraction of sp³-hybridized carbons (Fsp3) is 0.333. The van der Waals surface area contributed by atoms with Gasteiger partial charge in [0.25, 0.3) is 0 Å². The largest absolute Gasteiger partial charge is 0.115 e. The minimum atomic E-state index is 1.12. The molecule has 0 radical (unpaired) electrons. The summed E-state index contributed by atoms with van der Waals surface area (Å²) in [5.74, 6) is 2.46. The fourth-order valence-corrected chi connectivity index (χ4v) is 1.35. The third kappa shape index (κ3) is 10.8. The van der Waals surface area contributed by atoms with Crippen molar-refractivity contribution in [3.8, 4) is 12.3 Å². The van der Waals surface area contributed by atoms with E-state index in [4.69, 9.17) is 6.42 Å². The smallest absolute Gasteiger partial charge is 0.0122 e. The maximum atomic E-state index is 5.12. The Labute approximate surface area is 112 Å². The summed E-state index contributed by atoms with van der Waals surface area (Å²) in [7, 11) is 0. The summed E-state index contributed by atoms with van der Waals surface area (Å²) in [6.45, 7) is 8.50. The lowest BCUT2D eigenvalue weighted by Crippen LogP contribution is -1.76. The van der Waals surface area contributed by atoms with Gasteiger partial charge >= 0.3 is 0 Å². The van der Waals surface area contributed by atoms with E-state index in [1.165, 1.54) is 16.7 Å². The molecule has 0 rings (SSSR count). The van der Waals surface area contributed by atoms with Gasteiger partial charge < -0.3 is 0 Å². The van der Waals surface area contributed by atoms with E-state index in [2.05, 4.69) is 57.9 Å². The lowest BCUT2D eigenvalue weighted by molar-refractivity contribution is 0.967. The molecule has 0 saturated heterocycles. The van der Waals surface area contributed by atoms with Crippen molar-refractivity contribution < 1.29 is 0 Å². The van der Waals surface area contributed by atoms with Crippen molar-refractivity contribution in [1.29, 1.82) is 0 Å². The molecule has 0 aromatic carbocycles. The van der Waals surface area contributed by atoms with Crippen LogP contribution >= 0.6 is 0 Å². The van der Waals surface area contributed by atoms with Gasteiger partial charge in [-0.05, 0) is 46.6 Å². The molecule has 0 saturated carbocycles. The van der Waals surface area contributed by atoms with E-state index in [9.17, 15) is 0 Å². The fourth-order valence-electron chi connectivity index (χ4n) is 1.35. The maximum Gasteiger partial charge on any atom is -0.0122 e. The van der Waals surface area contributed by atoms with Crippen LogP contribution in [0.15, 0.2) is 59.3 Å². The van der Waals surface area contributed by atoms with Gasteiger partial charge in [-0.3, -0.25) is 0 Å². The second-order valence-electron chi connectivity index (χ2n) is 4.63. The molecular weight excluding hydrogens is 216 g/mol. The standard InChI is InChI=1S/C18H24/c1-6-7-8-12-17(4)14-10-15-18(5)13-9-11-16(2)3/h1,7-8,10-12,14-15H,9,13H2,2-5H3/b8-7+,14-10+,17-12+,18-15+. The molecule has 0 fully saturated rings. The van der Waals surface area contributed by atoms with E-state index in [1.807, 2.05) is 12.2 Å². The van der Waals surface area contributed by atoms with Gasteiger partial charge in [-0.1, -0.05) is 59.1 Å². The molecule has 96 valence electrons. The molecule has 0 unspecified atom stereocenters. The normalized spacial score (nSPS) is 13.1. The average Bonchev–Trinajstić information content (AvgIpc) is 2.29. The zero-order valence-electron chi connectivity index (χ0n) is 12.0. The highest BCUT2D eigenvalue weighted by Gasteiger charge is 1.86. The Hall–Kier alpha value is -1.74. The number of hydrogen-bond acceptors (Lipinski definition) is 0. The lowest BCUT2D eigenvalue weighted by atomic mass is 10.1. The summed E-state index contributed by atoms with van der Waals surface area (Å²) < 4.78 is 0. The van der Waals surface area contributed by atoms with Crippen LogP contribution in [0.4, 0.5) is 0 Å². The molecule has 0 heteroatoms. The summed E-state index contributed by atoms with van der Waals surface area (Å²) >= 11 is 0. The van der Waals surface area contributed by atoms with Crippen molar-refractivity contribution in [2.24, 2.45) is 0 Å². The first-order valence-electron chi connectivity index (χ1n) is 6.33. The van der Waals surface area contributed by atoms with Crippen LogP contribution in [0.2, 0.25) is 0 Å². The molecule has 0 atom stereocenters. The third-order valence-electron chi connectivity index (χ3n) is 2.38. The Bertz CT molecular complexity index is 413. The van der Waals surface area contributed by atoms with Gasteiger partial charge in [-0.15, -0.1) is 6.42 Å². The molecule has 0 heterocycles. The topological polar surface area (TPSA) is 0 Å². The van der Waals surface area contributed by atoms with Crippen LogP contribution in [0.25, 0.3) is 0 Å². The summed E-state index contributed by atoms with van der Waals surface area (Å²) in [6.07, 6.45) is 21.6. The van der Waals surface area contributed by atoms with Crippen LogP contribution in [0.3, 0.4) is 0 Å². The maximum absolute atomic E-state index is 5.12. The number of terminal acetylenes is 1. The molecular formula is C18H24. The van der Waals surface area contributed by atoms with Gasteiger partial charge in [0.15, 0.2) is 0 Å². The van der Waals surface area contributed by atoms with Gasteiger partial charge in [0.05, 0.1) is 0 Å². The summed E-state index contributed by atoms with van der Waals surface area (Å²) in [4.78, 5) is 0. The van der Waals surface area contributed by atoms with E-state index >= 15 is 0 Å². The average molecular weight is 240 g/mol. The predicted molar refractivity (Wildman–Crippen MR) is 83.3 cm³/mol. The first kappa shape index (κ1) is 16.3. The van der Waals surface area contributed by atoms with Crippen LogP contribution in [-0.2, 0) is 0 Å². The number of hydrogen-bond donors (Lipinski definition) is 0. The lowest BCUT2D eigenvalue weighted by Gasteiger charge is -1.96. The quantitative estimate of drug-likeness (QED) is 0.332. The van der Waals surface area contributed by atoms with Crippen LogP contribution in [0.5, 0.6) is 0 Å². The molecule has 0 aromatic rings. The summed E-state index contributed by atoms with van der Waals surface area (Å²) in [5.41, 5.74) is 3.97. The molecule has 0 aliphatic heterocycles. The van der Waals surface area contributed by atoms with Crippen molar-refractivity contribution in [2.75, 3.05) is 0 Å². The highest BCUT2D eigenvalue weighted by molar-refractivity contribution is 5.27. The molecule has 0 aliphatic carbocycles. The van der Waals surface area contributed by atoms with Crippen molar-refractivity contribution in [3.63, 3.8) is 0 Å². The Morgan fingerprint density at radius 3 is 2.39 bits per heavy atom. The monoisotopic (exact) mass is 240 g/mol. The SMILES string of the molecule is C#C/C=C/C=C(C)/C=C/C=C(\C)CCC=C(C)C. The Morgan fingerprint density at radius 1 is 1.06 bits per heavy atom. The molecule has 0 N–H and O–H groups in total. The Balaban J connectivity index is 4.20. The van der Waals surface area contributed by atoms with E-state index in [1.54, 1.807) is 6.08 Å². The summed E-state index contributed by atoms with van der Waals surface area (Å²) in [5, 5.41) is 0. The highest BCUT2D eigenvalue weighted by atomic mass is 13.9. The second-order valence-corrected chi connectivity index (χ2v) is 4.63. The minimum Gasteiger partial charge on any atom is -0.115 e. The van der Waals surface area contributed by atoms with Crippen molar-refractivity contribution in [1.82, 2.24) is 0 Å². The highest BCUT2D eigenvalue weighted by Crippen LogP contribution is 2.07. The van der Waals surface area contributed by atoms with Crippen molar-refractivity contribution >= 4 is 0 Å². The Morgan fingerprint density at radius 2 is 1.78 bits per heavy atom. The summed E-state index contributed by atoms with van der Waals surface area (Å²) in [6, 6.07) is 0. The van der Waals surface area contributed by atoms with E-state index < -0.39 is 0 Å². The number of allylic oxidation sites excluding steroid dienone is 10. The molecule has 0 amide bonds. The van der Waals surface area contributed by atoms with Gasteiger partial charge in [0.1, 0.15) is 0 Å². The zero-order valence-corrected chi connectivity index (χ0v) is 12.0. The molecule has 0 nitrogen and oxygen atoms in total. The molecule has 18 heavy (non-hydrogen) atoms. The van der Waals surface area contributed by atoms with E-state index in [0.717, 1.165) is 12.8 Å². The van der Waals surface area contributed by atoms with E-state index in [-0.39, 0.29) is 0 Å². The molecule has 0 bridgehead atoms. The molecule has 0 spiro atoms. The van der Waals surface area contributed by atoms with Gasteiger partial charge in [0.2, 0.25) is 0 Å². The second kappa shape index (κ2) is 10.4. The van der Waals surface area contributed by atoms with Crippen LogP contribution in [0, 0.1) is 12.3 Å². The number of rotatable bonds is 6. The van der Waals surface area contributed by atoms with Crippen LogP contribution in [-0.4, -0.2) is 0 Å². The van der Waals surface area contributed by atoms with Gasteiger partial charge in [-0.2, -0.15) is 0 Å². The Kier molecular flexibility index (Phi) is 9.41. The van der Waals surface area contributed by atoms with Crippen molar-refractivity contribution in [2.45, 2.75) is 40.5 Å². The van der Waals surface area contributed by atoms with Crippen LogP contribution in [0.1, 0.15) is 40.5 Å². The van der Waals surface area contributed by atoms with Gasteiger partial charge in [0, 0.05) is 0 Å². The zero-order chi connectivity index (χ0) is 13.8. The first-order chi connectivity index (χ1) is 8.56.